The molecule has 1 aliphatic rings. The van der Waals surface area contributed by atoms with E-state index in [4.69, 9.17) is 9.47 Å². The van der Waals surface area contributed by atoms with Gasteiger partial charge in [0.25, 0.3) is 0 Å². The number of aliphatic hydroxyl groups is 1. The van der Waals surface area contributed by atoms with Crippen LogP contribution in [0.4, 0.5) is 4.79 Å². The molecule has 1 aliphatic heterocycles. The van der Waals surface area contributed by atoms with E-state index in [9.17, 15) is 19.8 Å². The fraction of sp³-hybridized carbons (Fsp3) is 0.220. The van der Waals surface area contributed by atoms with Crippen molar-refractivity contribution in [1.82, 2.24) is 10.6 Å². The molecule has 4 N–H and O–H groups in total. The minimum absolute atomic E-state index is 0.0144. The summed E-state index contributed by atoms with van der Waals surface area (Å²) in [6.45, 7) is 2.92. The van der Waals surface area contributed by atoms with Gasteiger partial charge in [0, 0.05) is 35.2 Å². The molecule has 4 unspecified atom stereocenters. The molecular weight excluding hydrogens is 649 g/mol. The van der Waals surface area contributed by atoms with Gasteiger partial charge in [0.15, 0.2) is 6.29 Å². The van der Waals surface area contributed by atoms with E-state index in [0.29, 0.717) is 18.8 Å². The minimum Gasteiger partial charge on any atom is -0.478 e. The molecule has 0 aromatic heterocycles. The zero-order valence-corrected chi connectivity index (χ0v) is 28.5. The van der Waals surface area contributed by atoms with Gasteiger partial charge in [-0.1, -0.05) is 110 Å². The maximum absolute atomic E-state index is 12.5. The van der Waals surface area contributed by atoms with Gasteiger partial charge < -0.3 is 30.3 Å². The molecule has 0 bridgehead atoms. The van der Waals surface area contributed by atoms with Gasteiger partial charge in [-0.15, -0.1) is 11.8 Å². The lowest BCUT2D eigenvalue weighted by atomic mass is 9.91. The van der Waals surface area contributed by atoms with Gasteiger partial charge in [-0.3, -0.25) is 0 Å². The fourth-order valence-electron chi connectivity index (χ4n) is 5.97. The Bertz CT molecular complexity index is 1870. The summed E-state index contributed by atoms with van der Waals surface area (Å²) in [7, 11) is 0. The van der Waals surface area contributed by atoms with Crippen molar-refractivity contribution in [3.8, 4) is 11.1 Å². The van der Waals surface area contributed by atoms with Gasteiger partial charge in [-0.2, -0.15) is 0 Å². The van der Waals surface area contributed by atoms with Crippen molar-refractivity contribution < 1.29 is 29.3 Å². The molecule has 6 rings (SSSR count). The van der Waals surface area contributed by atoms with E-state index in [2.05, 4.69) is 17.6 Å². The van der Waals surface area contributed by atoms with Crippen LogP contribution in [0.3, 0.4) is 0 Å². The first-order valence-corrected chi connectivity index (χ1v) is 17.6. The highest BCUT2D eigenvalue weighted by Crippen LogP contribution is 2.43. The topological polar surface area (TPSA) is 117 Å². The Labute approximate surface area is 296 Å². The van der Waals surface area contributed by atoms with E-state index in [1.807, 2.05) is 115 Å². The maximum atomic E-state index is 12.5. The van der Waals surface area contributed by atoms with E-state index < -0.39 is 12.3 Å². The zero-order valence-electron chi connectivity index (χ0n) is 27.7. The number of carbonyl (C=O) groups excluding carboxylic acids is 1. The minimum atomic E-state index is -0.950. The van der Waals surface area contributed by atoms with Gasteiger partial charge in [-0.05, 0) is 57.6 Å². The standard InChI is InChI=1S/C41H40N2O6S/c1-27-37(26-50-35-21-19-32(20-22-35)39(45)46)48-40(49-38(27)31-13-11-29(25-44)12-14-31)33-17-15-30(16-18-33)36-10-6-5-9-34(36)24-43-41(47)42-23-28-7-3-2-4-8-28/h2-22,27,37-38,40,44H,23-26H2,1H3,(H,45,46)(H2,42,43,47). The molecule has 256 valence electrons. The third kappa shape index (κ3) is 8.80. The van der Waals surface area contributed by atoms with Crippen LogP contribution in [0, 0.1) is 5.92 Å². The lowest BCUT2D eigenvalue weighted by Crippen LogP contribution is -2.38. The number of benzene rings is 5. The van der Waals surface area contributed by atoms with Crippen LogP contribution in [0.5, 0.6) is 0 Å². The Kier molecular flexibility index (Phi) is 11.6. The largest absolute Gasteiger partial charge is 0.478 e. The number of carboxylic acid groups (broad SMARTS) is 1. The summed E-state index contributed by atoms with van der Waals surface area (Å²) in [5, 5.41) is 24.7. The van der Waals surface area contributed by atoms with Crippen LogP contribution < -0.4 is 10.6 Å². The van der Waals surface area contributed by atoms with Crippen LogP contribution in [-0.4, -0.2) is 34.1 Å². The Balaban J connectivity index is 1.16. The van der Waals surface area contributed by atoms with Crippen LogP contribution in [-0.2, 0) is 29.2 Å². The Morgan fingerprint density at radius 3 is 2.08 bits per heavy atom. The second-order valence-corrected chi connectivity index (χ2v) is 13.4. The van der Waals surface area contributed by atoms with Crippen LogP contribution in [0.25, 0.3) is 11.1 Å². The van der Waals surface area contributed by atoms with Crippen LogP contribution in [0.2, 0.25) is 0 Å². The fourth-order valence-corrected chi connectivity index (χ4v) is 7.04. The molecule has 50 heavy (non-hydrogen) atoms. The molecular formula is C41H40N2O6S. The highest BCUT2D eigenvalue weighted by molar-refractivity contribution is 7.99. The molecule has 1 saturated heterocycles. The number of nitrogens with one attached hydrogen (secondary N) is 2. The van der Waals surface area contributed by atoms with Gasteiger partial charge in [0.05, 0.1) is 24.4 Å². The summed E-state index contributed by atoms with van der Waals surface area (Å²) >= 11 is 1.62. The monoisotopic (exact) mass is 688 g/mol. The SMILES string of the molecule is CC1C(CSc2ccc(C(=O)O)cc2)OC(c2ccc(-c3ccccc3CNC(=O)NCc3ccccc3)cc2)OC1c1ccc(CO)cc1. The number of aliphatic hydroxyl groups excluding tert-OH is 1. The van der Waals surface area contributed by atoms with Crippen molar-refractivity contribution in [3.63, 3.8) is 0 Å². The summed E-state index contributed by atoms with van der Waals surface area (Å²) in [5.41, 5.74) is 7.04. The number of carboxylic acids is 1. The highest BCUT2D eigenvalue weighted by atomic mass is 32.2. The average molecular weight is 689 g/mol. The predicted octanol–water partition coefficient (Wildman–Crippen LogP) is 8.13. The third-order valence-corrected chi connectivity index (χ3v) is 9.99. The molecule has 4 atom stereocenters. The van der Waals surface area contributed by atoms with E-state index >= 15 is 0 Å². The molecule has 0 spiro atoms. The van der Waals surface area contributed by atoms with Crippen LogP contribution in [0.15, 0.2) is 132 Å². The van der Waals surface area contributed by atoms with Crippen molar-refractivity contribution >= 4 is 23.8 Å². The first-order chi connectivity index (χ1) is 24.4. The van der Waals surface area contributed by atoms with Gasteiger partial charge in [-0.25, -0.2) is 9.59 Å². The van der Waals surface area contributed by atoms with Gasteiger partial charge in [0.2, 0.25) is 0 Å². The van der Waals surface area contributed by atoms with Gasteiger partial charge in [0.1, 0.15) is 0 Å². The molecule has 0 radical (unpaired) electrons. The number of aromatic carboxylic acids is 1. The molecule has 5 aromatic carbocycles. The molecule has 1 fully saturated rings. The Morgan fingerprint density at radius 2 is 1.38 bits per heavy atom. The number of urea groups is 1. The quantitative estimate of drug-likeness (QED) is 0.0979. The van der Waals surface area contributed by atoms with E-state index in [1.165, 1.54) is 0 Å². The Hall–Kier alpha value is -4.93. The number of carbonyl (C=O) groups is 2. The summed E-state index contributed by atoms with van der Waals surface area (Å²) in [6, 6.07) is 40.4. The first kappa shape index (κ1) is 34.9. The lowest BCUT2D eigenvalue weighted by Gasteiger charge is -2.41. The Morgan fingerprint density at radius 1 is 0.720 bits per heavy atom. The van der Waals surface area contributed by atoms with Crippen LogP contribution >= 0.6 is 11.8 Å². The molecule has 9 heteroatoms. The summed E-state index contributed by atoms with van der Waals surface area (Å²) in [4.78, 5) is 24.8. The number of hydrogen-bond acceptors (Lipinski definition) is 6. The molecule has 1 heterocycles. The van der Waals surface area contributed by atoms with Crippen LogP contribution in [0.1, 0.15) is 57.5 Å². The lowest BCUT2D eigenvalue weighted by molar-refractivity contribution is -0.268. The van der Waals surface area contributed by atoms with Crippen molar-refractivity contribution in [2.75, 3.05) is 5.75 Å². The number of thioether (sulfide) groups is 1. The molecule has 8 nitrogen and oxygen atoms in total. The van der Waals surface area contributed by atoms with Crippen molar-refractivity contribution in [2.24, 2.45) is 5.92 Å². The number of rotatable bonds is 12. The van der Waals surface area contributed by atoms with Crippen molar-refractivity contribution in [2.45, 2.75) is 50.0 Å². The number of amides is 2. The number of hydrogen-bond donors (Lipinski definition) is 4. The second-order valence-electron chi connectivity index (χ2n) is 12.3. The average Bonchev–Trinajstić information content (AvgIpc) is 3.16. The normalized spacial score (nSPS) is 18.7. The summed E-state index contributed by atoms with van der Waals surface area (Å²) < 4.78 is 13.3. The second kappa shape index (κ2) is 16.7. The summed E-state index contributed by atoms with van der Waals surface area (Å²) in [6.07, 6.45) is -1.03. The first-order valence-electron chi connectivity index (χ1n) is 16.6. The number of ether oxygens (including phenoxy) is 2. The highest BCUT2D eigenvalue weighted by Gasteiger charge is 2.38. The van der Waals surface area contributed by atoms with Crippen molar-refractivity contribution in [3.05, 3.63) is 161 Å². The molecule has 0 saturated carbocycles. The van der Waals surface area contributed by atoms with Crippen molar-refractivity contribution in [1.29, 1.82) is 0 Å². The van der Waals surface area contributed by atoms with E-state index in [-0.39, 0.29) is 36.3 Å². The zero-order chi connectivity index (χ0) is 34.9. The summed E-state index contributed by atoms with van der Waals surface area (Å²) in [5.74, 6) is -0.287. The van der Waals surface area contributed by atoms with E-state index in [0.717, 1.165) is 43.8 Å². The van der Waals surface area contributed by atoms with E-state index in [1.54, 1.807) is 23.9 Å². The maximum Gasteiger partial charge on any atom is 0.335 e. The molecule has 2 amide bonds. The third-order valence-electron chi connectivity index (χ3n) is 8.89. The molecule has 5 aromatic rings. The molecule has 0 aliphatic carbocycles. The van der Waals surface area contributed by atoms with Gasteiger partial charge >= 0.3 is 12.0 Å². The predicted molar refractivity (Wildman–Crippen MR) is 194 cm³/mol. The smallest absolute Gasteiger partial charge is 0.335 e.